The second-order valence-corrected chi connectivity index (χ2v) is 19.0. The van der Waals surface area contributed by atoms with E-state index in [0.29, 0.717) is 44.3 Å². The predicted octanol–water partition coefficient (Wildman–Crippen LogP) is 7.38. The SMILES string of the molecule is COC1CC2(C1)CN(C)C(=O)c1c(O)c(=O)c(C(=O)CCc3cccc(Cl)c3F)cn12.COC1CC2(C1)CN(C)C(=O)c1c(OCc3ccccc3)c(=O)c(C(=O)CCc3cccc(Cl)c3F)cn12. The van der Waals surface area contributed by atoms with Gasteiger partial charge in [-0.25, -0.2) is 8.78 Å². The summed E-state index contributed by atoms with van der Waals surface area (Å²) in [7, 11) is 6.54. The molecule has 18 heteroatoms. The number of methoxy groups -OCH3 is 2. The maximum atomic E-state index is 14.4. The first-order chi connectivity index (χ1) is 32.9. The van der Waals surface area contributed by atoms with Gasteiger partial charge in [0.15, 0.2) is 34.5 Å². The number of benzene rings is 3. The van der Waals surface area contributed by atoms with Crippen molar-refractivity contribution in [3.05, 3.63) is 160 Å². The van der Waals surface area contributed by atoms with E-state index < -0.39 is 56.8 Å². The van der Waals surface area contributed by atoms with Crippen LogP contribution in [0.15, 0.2) is 88.7 Å². The van der Waals surface area contributed by atoms with Crippen molar-refractivity contribution in [3.63, 3.8) is 0 Å². The number of carbonyl (C=O) groups excluding carboxylic acids is 4. The van der Waals surface area contributed by atoms with Gasteiger partial charge in [-0.2, -0.15) is 0 Å². The van der Waals surface area contributed by atoms with E-state index >= 15 is 0 Å². The molecule has 2 saturated carbocycles. The van der Waals surface area contributed by atoms with Gasteiger partial charge in [-0.05, 0) is 67.3 Å². The molecule has 0 atom stereocenters. The number of pyridine rings is 2. The van der Waals surface area contributed by atoms with Gasteiger partial charge in [0.2, 0.25) is 10.9 Å². The van der Waals surface area contributed by atoms with E-state index in [4.69, 9.17) is 37.4 Å². The van der Waals surface area contributed by atoms with Crippen LogP contribution in [0.2, 0.25) is 10.0 Å². The molecule has 362 valence electrons. The Hall–Kier alpha value is -6.20. The zero-order valence-electron chi connectivity index (χ0n) is 38.4. The molecule has 1 N–H and O–H groups in total. The summed E-state index contributed by atoms with van der Waals surface area (Å²) in [4.78, 5) is 81.7. The summed E-state index contributed by atoms with van der Waals surface area (Å²) in [5.74, 6) is -3.91. The Morgan fingerprint density at radius 3 is 1.59 bits per heavy atom. The highest BCUT2D eigenvalue weighted by atomic mass is 35.5. The van der Waals surface area contributed by atoms with Crippen molar-refractivity contribution in [2.45, 2.75) is 81.3 Å². The molecule has 0 unspecified atom stereocenters. The van der Waals surface area contributed by atoms with E-state index in [-0.39, 0.29) is 94.3 Å². The van der Waals surface area contributed by atoms with Gasteiger partial charge in [0, 0.05) is 66.6 Å². The van der Waals surface area contributed by atoms with Crippen LogP contribution in [0.4, 0.5) is 8.78 Å². The number of aromatic hydroxyl groups is 1. The number of carbonyl (C=O) groups is 4. The number of Topliss-reactive ketones (excluding diaryl/α,β-unsaturated/α-hetero) is 2. The summed E-state index contributed by atoms with van der Waals surface area (Å²) in [5.41, 5.74) is -1.56. The summed E-state index contributed by atoms with van der Waals surface area (Å²) in [5, 5.41) is 10.5. The van der Waals surface area contributed by atoms with Crippen LogP contribution < -0.4 is 15.6 Å². The highest BCUT2D eigenvalue weighted by molar-refractivity contribution is 6.31. The van der Waals surface area contributed by atoms with E-state index in [1.54, 1.807) is 60.5 Å². The van der Waals surface area contributed by atoms with Crippen LogP contribution in [0.1, 0.15) is 96.9 Å². The standard InChI is InChI=1S/C29H28ClFN2O5.C22H22ClFN2O5/c1-32-17-29(13-20(14-29)37-2)33-15-21(23(34)12-11-19-9-6-10-22(30)24(19)31)26(35)27(25(33)28(32)36)38-16-18-7-4-3-5-8-18;1-25-11-22(8-13(9-22)31-2)26-10-14(19(28)20(29)18(26)21(25)30)16(27)7-6-12-4-3-5-15(23)17(12)24/h3-10,15,20H,11-14,16-17H2,1-2H3;3-5,10,13,29H,6-9,11H2,1-2H3. The van der Waals surface area contributed by atoms with Gasteiger partial charge >= 0.3 is 0 Å². The molecule has 69 heavy (non-hydrogen) atoms. The van der Waals surface area contributed by atoms with Gasteiger partial charge in [-0.1, -0.05) is 77.8 Å². The van der Waals surface area contributed by atoms with Crippen LogP contribution in [0.25, 0.3) is 0 Å². The molecule has 2 aliphatic heterocycles. The first-order valence-corrected chi connectivity index (χ1v) is 23.1. The smallest absolute Gasteiger partial charge is 0.274 e. The molecule has 2 fully saturated rings. The number of hydrogen-bond acceptors (Lipinski definition) is 10. The molecular weight excluding hydrogens is 937 g/mol. The molecule has 2 amide bonds. The second kappa shape index (κ2) is 19.7. The van der Waals surface area contributed by atoms with E-state index in [0.717, 1.165) is 5.56 Å². The molecule has 0 radical (unpaired) electrons. The Kier molecular flexibility index (Phi) is 14.0. The molecular formula is C51H50Cl2F2N4O10. The van der Waals surface area contributed by atoms with E-state index in [9.17, 15) is 42.7 Å². The number of halogens is 4. The number of aryl methyl sites for hydroxylation is 2. The van der Waals surface area contributed by atoms with Crippen LogP contribution >= 0.6 is 23.2 Å². The van der Waals surface area contributed by atoms with Crippen LogP contribution in [-0.4, -0.2) is 101 Å². The van der Waals surface area contributed by atoms with Crippen molar-refractivity contribution in [3.8, 4) is 11.5 Å². The summed E-state index contributed by atoms with van der Waals surface area (Å²) >= 11 is 11.7. The van der Waals surface area contributed by atoms with Crippen molar-refractivity contribution < 1.29 is 47.3 Å². The van der Waals surface area contributed by atoms with Gasteiger partial charge < -0.3 is 38.3 Å². The minimum atomic E-state index is -0.899. The number of rotatable bonds is 13. The van der Waals surface area contributed by atoms with Gasteiger partial charge in [0.1, 0.15) is 18.2 Å². The predicted molar refractivity (Wildman–Crippen MR) is 252 cm³/mol. The van der Waals surface area contributed by atoms with Crippen molar-refractivity contribution in [1.29, 1.82) is 0 Å². The Morgan fingerprint density at radius 2 is 1.12 bits per heavy atom. The third-order valence-corrected chi connectivity index (χ3v) is 14.3. The molecule has 2 spiro atoms. The van der Waals surface area contributed by atoms with Crippen molar-refractivity contribution in [1.82, 2.24) is 18.9 Å². The highest BCUT2D eigenvalue weighted by Crippen LogP contribution is 2.47. The number of ether oxygens (including phenoxy) is 3. The van der Waals surface area contributed by atoms with Gasteiger partial charge in [-0.3, -0.25) is 28.8 Å². The van der Waals surface area contributed by atoms with Gasteiger partial charge in [0.25, 0.3) is 11.8 Å². The number of nitrogens with zero attached hydrogens (tertiary/aromatic N) is 4. The third-order valence-electron chi connectivity index (χ3n) is 13.8. The fourth-order valence-corrected chi connectivity index (χ4v) is 10.3. The van der Waals surface area contributed by atoms with Crippen LogP contribution in [0, 0.1) is 11.6 Å². The molecule has 9 rings (SSSR count). The zero-order valence-corrected chi connectivity index (χ0v) is 39.9. The van der Waals surface area contributed by atoms with E-state index in [1.807, 2.05) is 30.3 Å². The minimum absolute atomic E-state index is 0.00234. The average Bonchev–Trinajstić information content (AvgIpc) is 3.31. The lowest BCUT2D eigenvalue weighted by atomic mass is 9.72. The Balaban J connectivity index is 0.000000190. The van der Waals surface area contributed by atoms with E-state index in [2.05, 4.69) is 0 Å². The molecule has 0 saturated heterocycles. The number of likely N-dealkylation sites (N-methyl/N-ethyl adjacent to an activating group) is 2. The lowest BCUT2D eigenvalue weighted by Crippen LogP contribution is -2.61. The van der Waals surface area contributed by atoms with Crippen LogP contribution in [-0.2, 0) is 40.0 Å². The second-order valence-electron chi connectivity index (χ2n) is 18.2. The fourth-order valence-electron chi connectivity index (χ4n) is 9.96. The monoisotopic (exact) mass is 986 g/mol. The topological polar surface area (TPSA) is 167 Å². The average molecular weight is 988 g/mol. The lowest BCUT2D eigenvalue weighted by molar-refractivity contribution is -0.0674. The molecule has 4 heterocycles. The fraction of sp³-hybridized carbons (Fsp3) is 0.373. The first-order valence-electron chi connectivity index (χ1n) is 22.4. The van der Waals surface area contributed by atoms with Crippen LogP contribution in [0.5, 0.6) is 11.5 Å². The van der Waals surface area contributed by atoms with Gasteiger partial charge in [0.05, 0.1) is 44.5 Å². The largest absolute Gasteiger partial charge is 0.503 e. The Morgan fingerprint density at radius 1 is 0.667 bits per heavy atom. The number of aromatic nitrogens is 2. The molecule has 5 aromatic rings. The van der Waals surface area contributed by atoms with Crippen LogP contribution in [0.3, 0.4) is 0 Å². The molecule has 0 bridgehead atoms. The maximum absolute atomic E-state index is 14.4. The van der Waals surface area contributed by atoms with Crippen molar-refractivity contribution in [2.24, 2.45) is 0 Å². The normalized spacial score (nSPS) is 21.2. The molecule has 14 nitrogen and oxygen atoms in total. The summed E-state index contributed by atoms with van der Waals surface area (Å²) in [6.07, 6.45) is 5.12. The number of fused-ring (bicyclic) bond motifs is 4. The zero-order chi connectivity index (χ0) is 49.5. The molecule has 4 aliphatic rings. The number of amides is 2. The van der Waals surface area contributed by atoms with Crippen molar-refractivity contribution >= 4 is 46.6 Å². The highest BCUT2D eigenvalue weighted by Gasteiger charge is 2.53. The molecule has 2 aliphatic carbocycles. The van der Waals surface area contributed by atoms with E-state index in [1.165, 1.54) is 35.5 Å². The Labute approximate surface area is 405 Å². The maximum Gasteiger partial charge on any atom is 0.274 e. The third kappa shape index (κ3) is 9.22. The molecule has 3 aromatic carbocycles. The lowest BCUT2D eigenvalue weighted by Gasteiger charge is -2.53. The molecule has 2 aromatic heterocycles. The first kappa shape index (κ1) is 49.2. The summed E-state index contributed by atoms with van der Waals surface area (Å²) < 4.78 is 48.7. The summed E-state index contributed by atoms with van der Waals surface area (Å²) in [6.45, 7) is 0.850. The number of hydrogen-bond donors (Lipinski definition) is 1. The minimum Gasteiger partial charge on any atom is -0.503 e. The summed E-state index contributed by atoms with van der Waals surface area (Å²) in [6, 6.07) is 18.4. The van der Waals surface area contributed by atoms with Crippen molar-refractivity contribution in [2.75, 3.05) is 41.4 Å². The quantitative estimate of drug-likeness (QED) is 0.118. The number of ketones is 2. The van der Waals surface area contributed by atoms with Gasteiger partial charge in [-0.15, -0.1) is 0 Å². The Bertz CT molecular complexity index is 2990.